The highest BCUT2D eigenvalue weighted by Gasteiger charge is 2.40. The minimum atomic E-state index is -0.676. The Bertz CT molecular complexity index is 389. The van der Waals surface area contributed by atoms with Crippen LogP contribution in [0.5, 0.6) is 0 Å². The maximum Gasteiger partial charge on any atom is 0.320 e. The summed E-state index contributed by atoms with van der Waals surface area (Å²) >= 11 is 1.47. The van der Waals surface area contributed by atoms with Crippen LogP contribution in [-0.2, 0) is 17.6 Å². The molecule has 0 amide bonds. The smallest absolute Gasteiger partial charge is 0.320 e. The van der Waals surface area contributed by atoms with Crippen LogP contribution in [0.3, 0.4) is 0 Å². The van der Waals surface area contributed by atoms with Crippen molar-refractivity contribution in [2.75, 3.05) is 6.26 Å². The average Bonchev–Trinajstić information content (AvgIpc) is 2.28. The van der Waals surface area contributed by atoms with Crippen LogP contribution in [0.15, 0.2) is 24.3 Å². The van der Waals surface area contributed by atoms with Gasteiger partial charge < -0.3 is 5.11 Å². The van der Waals surface area contributed by atoms with Gasteiger partial charge in [0.05, 0.1) is 0 Å². The lowest BCUT2D eigenvalue weighted by Gasteiger charge is -2.32. The van der Waals surface area contributed by atoms with Crippen molar-refractivity contribution in [2.45, 2.75) is 24.0 Å². The highest BCUT2D eigenvalue weighted by atomic mass is 32.2. The van der Waals surface area contributed by atoms with Gasteiger partial charge in [0, 0.05) is 0 Å². The molecule has 1 unspecified atom stereocenters. The molecular weight excluding hydrogens is 208 g/mol. The van der Waals surface area contributed by atoms with Gasteiger partial charge in [-0.1, -0.05) is 24.3 Å². The molecule has 1 aromatic rings. The van der Waals surface area contributed by atoms with Crippen molar-refractivity contribution < 1.29 is 9.90 Å². The molecule has 0 saturated heterocycles. The molecule has 2 rings (SSSR count). The second-order valence-corrected chi connectivity index (χ2v) is 5.14. The molecule has 1 aliphatic carbocycles. The first kappa shape index (κ1) is 10.6. The van der Waals surface area contributed by atoms with Crippen LogP contribution in [0.1, 0.15) is 17.5 Å². The average molecular weight is 222 g/mol. The Morgan fingerprint density at radius 3 is 2.67 bits per heavy atom. The molecule has 0 fully saturated rings. The van der Waals surface area contributed by atoms with Crippen LogP contribution < -0.4 is 0 Å². The van der Waals surface area contributed by atoms with Crippen LogP contribution in [0.25, 0.3) is 0 Å². The van der Waals surface area contributed by atoms with E-state index in [-0.39, 0.29) is 0 Å². The van der Waals surface area contributed by atoms with Crippen LogP contribution in [0, 0.1) is 0 Å². The maximum absolute atomic E-state index is 11.3. The molecule has 0 aliphatic heterocycles. The summed E-state index contributed by atoms with van der Waals surface area (Å²) < 4.78 is -0.603. The molecule has 0 heterocycles. The van der Waals surface area contributed by atoms with Gasteiger partial charge in [-0.05, 0) is 36.6 Å². The molecule has 0 spiro atoms. The lowest BCUT2D eigenvalue weighted by molar-refractivity contribution is -0.140. The van der Waals surface area contributed by atoms with Crippen LogP contribution in [-0.4, -0.2) is 22.1 Å². The van der Waals surface area contributed by atoms with E-state index in [2.05, 4.69) is 6.07 Å². The number of carboxylic acid groups (broad SMARTS) is 1. The van der Waals surface area contributed by atoms with Crippen LogP contribution in [0.2, 0.25) is 0 Å². The van der Waals surface area contributed by atoms with Gasteiger partial charge >= 0.3 is 5.97 Å². The molecule has 0 aromatic heterocycles. The predicted molar refractivity (Wildman–Crippen MR) is 62.3 cm³/mol. The zero-order valence-corrected chi connectivity index (χ0v) is 9.51. The van der Waals surface area contributed by atoms with Crippen molar-refractivity contribution in [3.05, 3.63) is 35.4 Å². The van der Waals surface area contributed by atoms with E-state index >= 15 is 0 Å². The number of fused-ring (bicyclic) bond motifs is 1. The van der Waals surface area contributed by atoms with E-state index in [1.165, 1.54) is 22.9 Å². The number of aryl methyl sites for hydroxylation is 1. The van der Waals surface area contributed by atoms with Gasteiger partial charge in [0.15, 0.2) is 0 Å². The number of benzene rings is 1. The fraction of sp³-hybridized carbons (Fsp3) is 0.417. The molecule has 1 N–H and O–H groups in total. The van der Waals surface area contributed by atoms with E-state index in [4.69, 9.17) is 0 Å². The molecule has 1 aromatic carbocycles. The Morgan fingerprint density at radius 1 is 1.40 bits per heavy atom. The van der Waals surface area contributed by atoms with Crippen molar-refractivity contribution in [1.82, 2.24) is 0 Å². The molecule has 1 atom stereocenters. The summed E-state index contributed by atoms with van der Waals surface area (Å²) in [7, 11) is 0. The van der Waals surface area contributed by atoms with Gasteiger partial charge in [0.2, 0.25) is 0 Å². The third-order valence-corrected chi connectivity index (χ3v) is 4.48. The number of carboxylic acids is 1. The zero-order valence-electron chi connectivity index (χ0n) is 8.69. The number of thioether (sulfide) groups is 1. The third-order valence-electron chi connectivity index (χ3n) is 3.17. The highest BCUT2D eigenvalue weighted by Crippen LogP contribution is 2.37. The first-order valence-electron chi connectivity index (χ1n) is 5.03. The normalized spacial score (nSPS) is 24.6. The first-order chi connectivity index (χ1) is 7.18. The van der Waals surface area contributed by atoms with Gasteiger partial charge in [-0.15, -0.1) is 11.8 Å². The minimum Gasteiger partial charge on any atom is -0.480 e. The van der Waals surface area contributed by atoms with Crippen LogP contribution >= 0.6 is 11.8 Å². The monoisotopic (exact) mass is 222 g/mol. The van der Waals surface area contributed by atoms with Gasteiger partial charge in [0.25, 0.3) is 0 Å². The van der Waals surface area contributed by atoms with Crippen molar-refractivity contribution in [3.63, 3.8) is 0 Å². The molecular formula is C12H14O2S. The summed E-state index contributed by atoms with van der Waals surface area (Å²) in [5.74, 6) is -0.676. The zero-order chi connectivity index (χ0) is 10.9. The van der Waals surface area contributed by atoms with Gasteiger partial charge in [0.1, 0.15) is 4.75 Å². The summed E-state index contributed by atoms with van der Waals surface area (Å²) in [4.78, 5) is 11.3. The molecule has 0 saturated carbocycles. The van der Waals surface area contributed by atoms with Crippen molar-refractivity contribution >= 4 is 17.7 Å². The van der Waals surface area contributed by atoms with E-state index < -0.39 is 10.7 Å². The van der Waals surface area contributed by atoms with Crippen LogP contribution in [0.4, 0.5) is 0 Å². The van der Waals surface area contributed by atoms with E-state index in [1.807, 2.05) is 24.5 Å². The fourth-order valence-corrected chi connectivity index (χ4v) is 2.93. The van der Waals surface area contributed by atoms with Crippen molar-refractivity contribution in [2.24, 2.45) is 0 Å². The van der Waals surface area contributed by atoms with E-state index in [0.717, 1.165) is 12.8 Å². The Kier molecular flexibility index (Phi) is 2.74. The summed E-state index contributed by atoms with van der Waals surface area (Å²) in [6.45, 7) is 0. The summed E-state index contributed by atoms with van der Waals surface area (Å²) in [6, 6.07) is 8.15. The van der Waals surface area contributed by atoms with E-state index in [0.29, 0.717) is 6.42 Å². The Labute approximate surface area is 93.7 Å². The highest BCUT2D eigenvalue weighted by molar-refractivity contribution is 8.00. The lowest BCUT2D eigenvalue weighted by atomic mass is 9.83. The Balaban J connectivity index is 2.35. The summed E-state index contributed by atoms with van der Waals surface area (Å²) in [5, 5.41) is 9.29. The van der Waals surface area contributed by atoms with E-state index in [9.17, 15) is 9.90 Å². The number of hydrogen-bond donors (Lipinski definition) is 1. The quantitative estimate of drug-likeness (QED) is 0.834. The lowest BCUT2D eigenvalue weighted by Crippen LogP contribution is -2.40. The molecule has 80 valence electrons. The molecule has 0 radical (unpaired) electrons. The third kappa shape index (κ3) is 1.76. The van der Waals surface area contributed by atoms with Gasteiger partial charge in [-0.25, -0.2) is 0 Å². The van der Waals surface area contributed by atoms with E-state index in [1.54, 1.807) is 0 Å². The fourth-order valence-electron chi connectivity index (χ4n) is 2.15. The van der Waals surface area contributed by atoms with Crippen molar-refractivity contribution in [3.8, 4) is 0 Å². The minimum absolute atomic E-state index is 0.603. The molecule has 2 nitrogen and oxygen atoms in total. The number of rotatable bonds is 2. The second-order valence-electron chi connectivity index (χ2n) is 3.95. The molecule has 15 heavy (non-hydrogen) atoms. The first-order valence-corrected chi connectivity index (χ1v) is 6.26. The number of aliphatic carboxylic acids is 1. The number of hydrogen-bond acceptors (Lipinski definition) is 2. The topological polar surface area (TPSA) is 37.3 Å². The Hall–Kier alpha value is -0.960. The SMILES string of the molecule is CSC1(C(=O)O)CCc2ccccc2C1. The number of carbonyl (C=O) groups is 1. The molecule has 3 heteroatoms. The molecule has 0 bridgehead atoms. The largest absolute Gasteiger partial charge is 0.480 e. The van der Waals surface area contributed by atoms with Gasteiger partial charge in [-0.3, -0.25) is 4.79 Å². The van der Waals surface area contributed by atoms with Crippen molar-refractivity contribution in [1.29, 1.82) is 0 Å². The van der Waals surface area contributed by atoms with Gasteiger partial charge in [-0.2, -0.15) is 0 Å². The molecule has 1 aliphatic rings. The second kappa shape index (κ2) is 3.89. The maximum atomic E-state index is 11.3. The predicted octanol–water partition coefficient (Wildman–Crippen LogP) is 2.36. The Morgan fingerprint density at radius 2 is 2.07 bits per heavy atom. The summed E-state index contributed by atoms with van der Waals surface area (Å²) in [5.41, 5.74) is 2.50. The summed E-state index contributed by atoms with van der Waals surface area (Å²) in [6.07, 6.45) is 4.16. The standard InChI is InChI=1S/C12H14O2S/c1-15-12(11(13)14)7-6-9-4-2-3-5-10(9)8-12/h2-5H,6-8H2,1H3,(H,13,14).